The number of amides is 1. The van der Waals surface area contributed by atoms with E-state index in [1.54, 1.807) is 24.0 Å². The average Bonchev–Trinajstić information content (AvgIpc) is 2.40. The maximum Gasteiger partial charge on any atom is 0.253 e. The molecule has 0 fully saturated rings. The smallest absolute Gasteiger partial charge is 0.253 e. The number of sulfonamides is 1. The van der Waals surface area contributed by atoms with Crippen LogP contribution in [0, 0.1) is 0 Å². The molecule has 0 aliphatic rings. The summed E-state index contributed by atoms with van der Waals surface area (Å²) in [5.41, 5.74) is 0.499. The van der Waals surface area contributed by atoms with Gasteiger partial charge in [0.25, 0.3) is 5.91 Å². The highest BCUT2D eigenvalue weighted by molar-refractivity contribution is 7.89. The molecule has 6 heteroatoms. The monoisotopic (exact) mass is 284 g/mol. The van der Waals surface area contributed by atoms with E-state index in [1.165, 1.54) is 12.1 Å². The van der Waals surface area contributed by atoms with Crippen LogP contribution in [0.15, 0.2) is 29.2 Å². The molecule has 0 unspecified atom stereocenters. The Balaban J connectivity index is 2.97. The van der Waals surface area contributed by atoms with Gasteiger partial charge in [0.1, 0.15) is 0 Å². The van der Waals surface area contributed by atoms with Gasteiger partial charge >= 0.3 is 0 Å². The van der Waals surface area contributed by atoms with Crippen LogP contribution in [0.3, 0.4) is 0 Å². The van der Waals surface area contributed by atoms with Gasteiger partial charge in [-0.05, 0) is 38.1 Å². The number of hydrogen-bond acceptors (Lipinski definition) is 3. The molecular weight excluding hydrogens is 264 g/mol. The Morgan fingerprint density at radius 3 is 2.05 bits per heavy atom. The lowest BCUT2D eigenvalue weighted by Crippen LogP contribution is -2.30. The highest BCUT2D eigenvalue weighted by atomic mass is 32.2. The molecule has 0 saturated heterocycles. The third-order valence-electron chi connectivity index (χ3n) is 2.80. The fraction of sp³-hybridized carbons (Fsp3) is 0.462. The maximum atomic E-state index is 12.1. The molecule has 0 aliphatic heterocycles. The number of hydrogen-bond donors (Lipinski definition) is 1. The maximum absolute atomic E-state index is 12.1. The van der Waals surface area contributed by atoms with E-state index in [2.05, 4.69) is 4.72 Å². The molecule has 0 spiro atoms. The van der Waals surface area contributed by atoms with Gasteiger partial charge in [-0.25, -0.2) is 13.1 Å². The van der Waals surface area contributed by atoms with E-state index < -0.39 is 10.0 Å². The van der Waals surface area contributed by atoms with Crippen molar-refractivity contribution < 1.29 is 13.2 Å². The zero-order chi connectivity index (χ0) is 14.5. The summed E-state index contributed by atoms with van der Waals surface area (Å²) in [6, 6.07) is 6.00. The van der Waals surface area contributed by atoms with Gasteiger partial charge in [-0.3, -0.25) is 4.79 Å². The second kappa shape index (κ2) is 6.68. The van der Waals surface area contributed by atoms with Crippen LogP contribution in [0.1, 0.15) is 31.1 Å². The minimum absolute atomic E-state index is 0.0857. The largest absolute Gasteiger partial charge is 0.339 e. The molecule has 0 atom stereocenters. The third-order valence-corrected chi connectivity index (χ3v) is 4.36. The molecule has 1 N–H and O–H groups in total. The number of nitrogens with one attached hydrogen (secondary N) is 1. The second-order valence-electron chi connectivity index (χ2n) is 4.00. The van der Waals surface area contributed by atoms with E-state index in [1.807, 2.05) is 13.8 Å². The highest BCUT2D eigenvalue weighted by Crippen LogP contribution is 2.12. The summed E-state index contributed by atoms with van der Waals surface area (Å²) in [5, 5.41) is 0. The number of benzene rings is 1. The Labute approximate surface area is 114 Å². The molecule has 0 aliphatic carbocycles. The third kappa shape index (κ3) is 3.78. The first-order valence-electron chi connectivity index (χ1n) is 6.35. The van der Waals surface area contributed by atoms with E-state index in [9.17, 15) is 13.2 Å². The Bertz CT molecular complexity index is 519. The van der Waals surface area contributed by atoms with Gasteiger partial charge in [0, 0.05) is 25.2 Å². The molecule has 0 aromatic heterocycles. The van der Waals surface area contributed by atoms with Crippen molar-refractivity contribution in [3.05, 3.63) is 29.8 Å². The molecule has 0 heterocycles. The number of nitrogens with zero attached hydrogens (tertiary/aromatic N) is 1. The summed E-state index contributed by atoms with van der Waals surface area (Å²) >= 11 is 0. The van der Waals surface area contributed by atoms with Gasteiger partial charge in [-0.15, -0.1) is 0 Å². The first kappa shape index (κ1) is 15.7. The van der Waals surface area contributed by atoms with Crippen molar-refractivity contribution in [2.75, 3.05) is 19.6 Å². The summed E-state index contributed by atoms with van der Waals surface area (Å²) in [6.45, 7) is 7.13. The summed E-state index contributed by atoms with van der Waals surface area (Å²) < 4.78 is 25.9. The molecule has 19 heavy (non-hydrogen) atoms. The van der Waals surface area contributed by atoms with Gasteiger partial charge in [0.05, 0.1) is 4.90 Å². The second-order valence-corrected chi connectivity index (χ2v) is 5.77. The van der Waals surface area contributed by atoms with Crippen LogP contribution >= 0.6 is 0 Å². The lowest BCUT2D eigenvalue weighted by Gasteiger charge is -2.18. The van der Waals surface area contributed by atoms with Crippen molar-refractivity contribution in [2.45, 2.75) is 25.7 Å². The van der Waals surface area contributed by atoms with Crippen LogP contribution in [0.4, 0.5) is 0 Å². The first-order chi connectivity index (χ1) is 8.96. The normalized spacial score (nSPS) is 11.3. The number of carbonyl (C=O) groups is 1. The predicted molar refractivity (Wildman–Crippen MR) is 74.6 cm³/mol. The van der Waals surface area contributed by atoms with E-state index >= 15 is 0 Å². The van der Waals surface area contributed by atoms with Crippen molar-refractivity contribution in [3.8, 4) is 0 Å². The molecule has 5 nitrogen and oxygen atoms in total. The Morgan fingerprint density at radius 2 is 1.63 bits per heavy atom. The molecule has 1 aromatic rings. The SMILES string of the molecule is CCNS(=O)(=O)c1ccc(C(=O)N(CC)CC)cc1. The Morgan fingerprint density at radius 1 is 1.11 bits per heavy atom. The van der Waals surface area contributed by atoms with Crippen LogP contribution in [0.5, 0.6) is 0 Å². The van der Waals surface area contributed by atoms with Gasteiger partial charge in [0.15, 0.2) is 0 Å². The topological polar surface area (TPSA) is 66.5 Å². The van der Waals surface area contributed by atoms with Crippen LogP contribution in [0.25, 0.3) is 0 Å². The number of carbonyl (C=O) groups excluding carboxylic acids is 1. The van der Waals surface area contributed by atoms with Crippen LogP contribution < -0.4 is 4.72 Å². The summed E-state index contributed by atoms with van der Waals surface area (Å²) in [4.78, 5) is 13.9. The van der Waals surface area contributed by atoms with Gasteiger partial charge < -0.3 is 4.90 Å². The van der Waals surface area contributed by atoms with E-state index in [0.29, 0.717) is 25.2 Å². The molecule has 1 rings (SSSR count). The zero-order valence-electron chi connectivity index (χ0n) is 11.5. The van der Waals surface area contributed by atoms with Crippen LogP contribution in [-0.2, 0) is 10.0 Å². The Hall–Kier alpha value is -1.40. The van der Waals surface area contributed by atoms with E-state index in [4.69, 9.17) is 0 Å². The molecule has 1 aromatic carbocycles. The lowest BCUT2D eigenvalue weighted by molar-refractivity contribution is 0.0773. The van der Waals surface area contributed by atoms with E-state index in [0.717, 1.165) is 0 Å². The van der Waals surface area contributed by atoms with Crippen molar-refractivity contribution in [2.24, 2.45) is 0 Å². The molecular formula is C13H20N2O3S. The highest BCUT2D eigenvalue weighted by Gasteiger charge is 2.15. The van der Waals surface area contributed by atoms with Crippen molar-refractivity contribution in [1.29, 1.82) is 0 Å². The summed E-state index contributed by atoms with van der Waals surface area (Å²) in [6.07, 6.45) is 0. The van der Waals surface area contributed by atoms with Gasteiger partial charge in [-0.1, -0.05) is 6.92 Å². The number of rotatable bonds is 6. The van der Waals surface area contributed by atoms with Gasteiger partial charge in [-0.2, -0.15) is 0 Å². The fourth-order valence-electron chi connectivity index (χ4n) is 1.74. The molecule has 0 bridgehead atoms. The van der Waals surface area contributed by atoms with Crippen molar-refractivity contribution in [3.63, 3.8) is 0 Å². The quantitative estimate of drug-likeness (QED) is 0.860. The lowest BCUT2D eigenvalue weighted by atomic mass is 10.2. The molecule has 0 radical (unpaired) electrons. The molecule has 106 valence electrons. The minimum Gasteiger partial charge on any atom is -0.339 e. The molecule has 0 saturated carbocycles. The minimum atomic E-state index is -3.46. The van der Waals surface area contributed by atoms with Crippen molar-refractivity contribution in [1.82, 2.24) is 9.62 Å². The van der Waals surface area contributed by atoms with Gasteiger partial charge in [0.2, 0.25) is 10.0 Å². The first-order valence-corrected chi connectivity index (χ1v) is 7.83. The molecule has 1 amide bonds. The van der Waals surface area contributed by atoms with Crippen LogP contribution in [0.2, 0.25) is 0 Å². The predicted octanol–water partition coefficient (Wildman–Crippen LogP) is 1.47. The Kier molecular flexibility index (Phi) is 5.50. The van der Waals surface area contributed by atoms with Crippen molar-refractivity contribution >= 4 is 15.9 Å². The van der Waals surface area contributed by atoms with E-state index in [-0.39, 0.29) is 10.8 Å². The summed E-state index contributed by atoms with van der Waals surface area (Å²) in [7, 11) is -3.46. The zero-order valence-corrected chi connectivity index (χ0v) is 12.3. The average molecular weight is 284 g/mol. The van der Waals surface area contributed by atoms with Crippen LogP contribution in [-0.4, -0.2) is 38.9 Å². The summed E-state index contributed by atoms with van der Waals surface area (Å²) in [5.74, 6) is -0.0857. The fourth-order valence-corrected chi connectivity index (χ4v) is 2.78. The standard InChI is InChI=1S/C13H20N2O3S/c1-4-14-19(17,18)12-9-7-11(8-10-12)13(16)15(5-2)6-3/h7-10,14H,4-6H2,1-3H3.